The molecule has 0 saturated carbocycles. The lowest BCUT2D eigenvalue weighted by atomic mass is 10.0. The third kappa shape index (κ3) is 3.43. The molecule has 2 aromatic rings. The number of benzene rings is 2. The molecule has 7 heteroatoms. The number of fused-ring (bicyclic) bond motifs is 1. The molecule has 0 atom stereocenters. The van der Waals surface area contributed by atoms with Crippen molar-refractivity contribution in [2.24, 2.45) is 0 Å². The number of hydrogen-bond donors (Lipinski definition) is 0. The second-order valence-electron chi connectivity index (χ2n) is 5.48. The molecular formula is C19H17NO5S. The first kappa shape index (κ1) is 18.0. The second-order valence-corrected chi connectivity index (χ2v) is 6.47. The summed E-state index contributed by atoms with van der Waals surface area (Å²) in [5, 5.41) is 1.34. The summed E-state index contributed by atoms with van der Waals surface area (Å²) in [5.74, 6) is -0.368. The van der Waals surface area contributed by atoms with Gasteiger partial charge in [-0.2, -0.15) is 0 Å². The van der Waals surface area contributed by atoms with Crippen molar-refractivity contribution in [1.82, 2.24) is 4.90 Å². The van der Waals surface area contributed by atoms with Gasteiger partial charge in [-0.1, -0.05) is 30.3 Å². The number of carbonyl (C=O) groups is 3. The Labute approximate surface area is 154 Å². The molecule has 0 N–H and O–H groups in total. The van der Waals surface area contributed by atoms with E-state index in [0.29, 0.717) is 0 Å². The molecule has 1 fully saturated rings. The largest absolute Gasteiger partial charge is 0.496 e. The Balaban J connectivity index is 1.94. The molecule has 2 amide bonds. The highest BCUT2D eigenvalue weighted by molar-refractivity contribution is 8.18. The Bertz CT molecular complexity index is 921. The minimum absolute atomic E-state index is 0.197. The van der Waals surface area contributed by atoms with Crippen LogP contribution < -0.4 is 4.74 Å². The highest BCUT2D eigenvalue weighted by atomic mass is 32.2. The van der Waals surface area contributed by atoms with E-state index >= 15 is 0 Å². The fourth-order valence-corrected chi connectivity index (χ4v) is 3.54. The number of methoxy groups -OCH3 is 1. The minimum Gasteiger partial charge on any atom is -0.496 e. The molecule has 2 aromatic carbocycles. The van der Waals surface area contributed by atoms with E-state index in [0.717, 1.165) is 38.7 Å². The molecule has 6 nitrogen and oxygen atoms in total. The SMILES string of the molecule is CCOC(=O)CN1C(=O)S/C(=C\c2ccc(OC)c3ccccc23)C1=O. The standard InChI is InChI=1S/C19H17NO5S/c1-3-25-17(21)11-20-18(22)16(26-19(20)23)10-12-8-9-15(24-2)14-7-5-4-6-13(12)14/h4-10H,3,11H2,1-2H3/b16-10-. The zero-order chi connectivity index (χ0) is 18.7. The molecule has 0 unspecified atom stereocenters. The summed E-state index contributed by atoms with van der Waals surface area (Å²) in [7, 11) is 1.60. The van der Waals surface area contributed by atoms with E-state index in [9.17, 15) is 14.4 Å². The maximum absolute atomic E-state index is 12.5. The highest BCUT2D eigenvalue weighted by Gasteiger charge is 2.36. The molecule has 1 aliphatic rings. The van der Waals surface area contributed by atoms with Crippen LogP contribution in [0.2, 0.25) is 0 Å². The van der Waals surface area contributed by atoms with Crippen LogP contribution in [-0.4, -0.2) is 42.3 Å². The van der Waals surface area contributed by atoms with Gasteiger partial charge in [-0.15, -0.1) is 0 Å². The van der Waals surface area contributed by atoms with Gasteiger partial charge in [0, 0.05) is 5.39 Å². The van der Waals surface area contributed by atoms with Gasteiger partial charge in [0.15, 0.2) is 0 Å². The predicted octanol–water partition coefficient (Wildman–Crippen LogP) is 3.45. The molecule has 134 valence electrons. The maximum atomic E-state index is 12.5. The number of hydrogen-bond acceptors (Lipinski definition) is 6. The first-order valence-corrected chi connectivity index (χ1v) is 8.83. The molecule has 3 rings (SSSR count). The third-order valence-corrected chi connectivity index (χ3v) is 4.80. The van der Waals surface area contributed by atoms with Crippen LogP contribution in [0.25, 0.3) is 16.8 Å². The Morgan fingerprint density at radius 2 is 1.88 bits per heavy atom. The summed E-state index contributed by atoms with van der Waals surface area (Å²) < 4.78 is 10.2. The van der Waals surface area contributed by atoms with Crippen molar-refractivity contribution in [3.8, 4) is 5.75 Å². The second kappa shape index (κ2) is 7.61. The number of esters is 1. The highest BCUT2D eigenvalue weighted by Crippen LogP contribution is 2.35. The van der Waals surface area contributed by atoms with E-state index in [1.165, 1.54) is 0 Å². The molecule has 0 aliphatic carbocycles. The van der Waals surface area contributed by atoms with E-state index in [1.807, 2.05) is 36.4 Å². The quantitative estimate of drug-likeness (QED) is 0.592. The summed E-state index contributed by atoms with van der Waals surface area (Å²) in [6.45, 7) is 1.49. The zero-order valence-corrected chi connectivity index (χ0v) is 15.2. The zero-order valence-electron chi connectivity index (χ0n) is 14.4. The van der Waals surface area contributed by atoms with Crippen LogP contribution in [-0.2, 0) is 14.3 Å². The van der Waals surface area contributed by atoms with Crippen molar-refractivity contribution in [3.63, 3.8) is 0 Å². The van der Waals surface area contributed by atoms with Crippen molar-refractivity contribution < 1.29 is 23.9 Å². The summed E-state index contributed by atoms with van der Waals surface area (Å²) in [6.07, 6.45) is 1.66. The number of imide groups is 1. The Morgan fingerprint density at radius 3 is 2.58 bits per heavy atom. The van der Waals surface area contributed by atoms with Crippen molar-refractivity contribution in [3.05, 3.63) is 46.9 Å². The minimum atomic E-state index is -0.606. The number of nitrogens with zero attached hydrogens (tertiary/aromatic N) is 1. The van der Waals surface area contributed by atoms with E-state index in [-0.39, 0.29) is 18.1 Å². The average molecular weight is 371 g/mol. The van der Waals surface area contributed by atoms with E-state index < -0.39 is 17.1 Å². The van der Waals surface area contributed by atoms with Gasteiger partial charge < -0.3 is 9.47 Å². The van der Waals surface area contributed by atoms with Gasteiger partial charge in [-0.25, -0.2) is 0 Å². The van der Waals surface area contributed by atoms with Crippen LogP contribution in [0.1, 0.15) is 12.5 Å². The van der Waals surface area contributed by atoms with Crippen LogP contribution in [0.4, 0.5) is 4.79 Å². The lowest BCUT2D eigenvalue weighted by Gasteiger charge is -2.11. The Hall–Kier alpha value is -2.80. The van der Waals surface area contributed by atoms with Crippen molar-refractivity contribution in [1.29, 1.82) is 0 Å². The van der Waals surface area contributed by atoms with E-state index in [2.05, 4.69) is 0 Å². The summed E-state index contributed by atoms with van der Waals surface area (Å²) in [6, 6.07) is 11.3. The van der Waals surface area contributed by atoms with Crippen molar-refractivity contribution >= 4 is 45.7 Å². The lowest BCUT2D eigenvalue weighted by molar-refractivity contribution is -0.145. The van der Waals surface area contributed by atoms with Gasteiger partial charge in [0.1, 0.15) is 12.3 Å². The first-order chi connectivity index (χ1) is 12.5. The Kier molecular flexibility index (Phi) is 5.27. The molecule has 1 saturated heterocycles. The lowest BCUT2D eigenvalue weighted by Crippen LogP contribution is -2.34. The van der Waals surface area contributed by atoms with E-state index in [1.54, 1.807) is 20.1 Å². The van der Waals surface area contributed by atoms with Crippen LogP contribution in [0.5, 0.6) is 5.75 Å². The predicted molar refractivity (Wildman–Crippen MR) is 99.8 cm³/mol. The number of amides is 2. The fourth-order valence-electron chi connectivity index (χ4n) is 2.71. The smallest absolute Gasteiger partial charge is 0.326 e. The van der Waals surface area contributed by atoms with Gasteiger partial charge >= 0.3 is 5.97 Å². The van der Waals surface area contributed by atoms with Crippen LogP contribution in [0.3, 0.4) is 0 Å². The van der Waals surface area contributed by atoms with Crippen molar-refractivity contribution in [2.75, 3.05) is 20.3 Å². The van der Waals surface area contributed by atoms with Crippen molar-refractivity contribution in [2.45, 2.75) is 6.92 Å². The van der Waals surface area contributed by atoms with Gasteiger partial charge in [0.2, 0.25) is 0 Å². The molecule has 0 spiro atoms. The number of ether oxygens (including phenoxy) is 2. The third-order valence-electron chi connectivity index (χ3n) is 3.89. The fraction of sp³-hybridized carbons (Fsp3) is 0.211. The van der Waals surface area contributed by atoms with Gasteiger partial charge in [0.05, 0.1) is 18.6 Å². The first-order valence-electron chi connectivity index (χ1n) is 8.02. The molecule has 0 aromatic heterocycles. The van der Waals surface area contributed by atoms with Crippen LogP contribution in [0.15, 0.2) is 41.3 Å². The molecular weight excluding hydrogens is 354 g/mol. The van der Waals surface area contributed by atoms with Gasteiger partial charge in [-0.3, -0.25) is 19.3 Å². The van der Waals surface area contributed by atoms with Crippen LogP contribution in [0, 0.1) is 0 Å². The molecule has 26 heavy (non-hydrogen) atoms. The molecule has 1 heterocycles. The monoisotopic (exact) mass is 371 g/mol. The van der Waals surface area contributed by atoms with Gasteiger partial charge in [-0.05, 0) is 41.8 Å². The maximum Gasteiger partial charge on any atom is 0.326 e. The normalized spacial score (nSPS) is 15.8. The average Bonchev–Trinajstić information content (AvgIpc) is 2.90. The topological polar surface area (TPSA) is 72.9 Å². The molecule has 0 bridgehead atoms. The summed E-state index contributed by atoms with van der Waals surface area (Å²) in [5.41, 5.74) is 0.794. The molecule has 0 radical (unpaired) electrons. The summed E-state index contributed by atoms with van der Waals surface area (Å²) >= 11 is 0.815. The number of rotatable bonds is 5. The number of thioether (sulfide) groups is 1. The Morgan fingerprint density at radius 1 is 1.15 bits per heavy atom. The van der Waals surface area contributed by atoms with Gasteiger partial charge in [0.25, 0.3) is 11.1 Å². The van der Waals surface area contributed by atoms with E-state index in [4.69, 9.17) is 9.47 Å². The summed E-state index contributed by atoms with van der Waals surface area (Å²) in [4.78, 5) is 37.4. The van der Waals surface area contributed by atoms with Crippen LogP contribution >= 0.6 is 11.8 Å². The molecule has 1 aliphatic heterocycles. The number of carbonyl (C=O) groups excluding carboxylic acids is 3.